The van der Waals surface area contributed by atoms with Gasteiger partial charge in [-0.15, -0.1) is 0 Å². The number of aromatic nitrogens is 1. The highest BCUT2D eigenvalue weighted by Crippen LogP contribution is 2.52. The lowest BCUT2D eigenvalue weighted by Gasteiger charge is -2.52. The SMILES string of the molecule is Cc1ccc(S(=O)(=O)N2[C@H]3CC4=C[C@H](O[Si](c5ccccc5)(c5ccccc5)C(C)(C)C)OC[C@H]4[C@@H]2Cc2c3n(C)c3ccccc23)cc1. The molecule has 8 heteroatoms. The number of aryl methyl sites for hydroxylation is 2. The van der Waals surface area contributed by atoms with Crippen LogP contribution in [-0.4, -0.2) is 44.5 Å². The summed E-state index contributed by atoms with van der Waals surface area (Å²) in [6.07, 6.45) is 2.86. The minimum atomic E-state index is -3.81. The van der Waals surface area contributed by atoms with Crippen LogP contribution in [0, 0.1) is 12.8 Å². The Bertz CT molecular complexity index is 2120. The molecule has 4 aromatic carbocycles. The molecule has 6 nitrogen and oxygen atoms in total. The van der Waals surface area contributed by atoms with Crippen molar-refractivity contribution < 1.29 is 17.6 Å². The molecule has 3 aliphatic rings. The van der Waals surface area contributed by atoms with Gasteiger partial charge in [-0.25, -0.2) is 8.42 Å². The normalized spacial score (nSPS) is 22.8. The highest BCUT2D eigenvalue weighted by Gasteiger charge is 2.55. The van der Waals surface area contributed by atoms with Crippen molar-refractivity contribution >= 4 is 39.6 Å². The first-order valence-electron chi connectivity index (χ1n) is 17.3. The molecular weight excluding hydrogens is 645 g/mol. The average molecular weight is 689 g/mol. The molecule has 0 amide bonds. The van der Waals surface area contributed by atoms with Gasteiger partial charge in [-0.05, 0) is 65.0 Å². The number of benzene rings is 4. The predicted octanol–water partition coefficient (Wildman–Crippen LogP) is 7.02. The fraction of sp³-hybridized carbons (Fsp3) is 0.317. The van der Waals surface area contributed by atoms with Crippen molar-refractivity contribution in [3.63, 3.8) is 0 Å². The van der Waals surface area contributed by atoms with Crippen LogP contribution in [-0.2, 0) is 32.7 Å². The van der Waals surface area contributed by atoms with Gasteiger partial charge in [-0.2, -0.15) is 4.31 Å². The number of nitrogens with zero attached hydrogens (tertiary/aromatic N) is 2. The van der Waals surface area contributed by atoms with Crippen molar-refractivity contribution in [3.8, 4) is 0 Å². The molecular formula is C41H44N2O4SSi. The molecule has 0 unspecified atom stereocenters. The topological polar surface area (TPSA) is 60.8 Å². The van der Waals surface area contributed by atoms with E-state index in [4.69, 9.17) is 9.16 Å². The molecule has 0 saturated carbocycles. The van der Waals surface area contributed by atoms with Crippen LogP contribution in [0.1, 0.15) is 50.1 Å². The van der Waals surface area contributed by atoms with Crippen molar-refractivity contribution in [1.82, 2.24) is 8.87 Å². The first kappa shape index (κ1) is 32.4. The number of sulfonamides is 1. The lowest BCUT2D eigenvalue weighted by Crippen LogP contribution is -2.68. The summed E-state index contributed by atoms with van der Waals surface area (Å²) < 4.78 is 47.4. The molecule has 2 bridgehead atoms. The Kier molecular flexibility index (Phi) is 7.89. The summed E-state index contributed by atoms with van der Waals surface area (Å²) in [5.74, 6) is -0.0809. The van der Waals surface area contributed by atoms with Crippen molar-refractivity contribution in [2.45, 2.75) is 68.8 Å². The third-order valence-corrected chi connectivity index (χ3v) is 18.0. The predicted molar refractivity (Wildman–Crippen MR) is 198 cm³/mol. The number of para-hydroxylation sites is 1. The minimum Gasteiger partial charge on any atom is -0.380 e. The zero-order valence-corrected chi connectivity index (χ0v) is 30.7. The monoisotopic (exact) mass is 688 g/mol. The summed E-state index contributed by atoms with van der Waals surface area (Å²) in [4.78, 5) is 0.340. The first-order valence-corrected chi connectivity index (χ1v) is 20.6. The van der Waals surface area contributed by atoms with Gasteiger partial charge in [0, 0.05) is 35.6 Å². The van der Waals surface area contributed by atoms with Gasteiger partial charge in [0.05, 0.1) is 17.5 Å². The van der Waals surface area contributed by atoms with Crippen LogP contribution in [0.5, 0.6) is 0 Å². The molecule has 3 aliphatic heterocycles. The minimum absolute atomic E-state index is 0.0809. The van der Waals surface area contributed by atoms with E-state index in [0.717, 1.165) is 16.8 Å². The molecule has 0 radical (unpaired) electrons. The van der Waals surface area contributed by atoms with E-state index < -0.39 is 24.6 Å². The fourth-order valence-electron chi connectivity index (χ4n) is 8.85. The summed E-state index contributed by atoms with van der Waals surface area (Å²) in [7, 11) is -4.61. The third kappa shape index (κ3) is 5.10. The van der Waals surface area contributed by atoms with Crippen molar-refractivity contribution in [3.05, 3.63) is 138 Å². The van der Waals surface area contributed by atoms with E-state index in [1.54, 1.807) is 12.1 Å². The molecule has 5 aromatic rings. The van der Waals surface area contributed by atoms with Gasteiger partial charge in [0.2, 0.25) is 10.0 Å². The van der Waals surface area contributed by atoms with Crippen LogP contribution in [0.4, 0.5) is 0 Å². The van der Waals surface area contributed by atoms with Crippen molar-refractivity contribution in [2.24, 2.45) is 13.0 Å². The van der Waals surface area contributed by atoms with Gasteiger partial charge < -0.3 is 13.7 Å². The van der Waals surface area contributed by atoms with Crippen LogP contribution in [0.2, 0.25) is 5.04 Å². The maximum Gasteiger partial charge on any atom is 0.264 e. The number of hydrogen-bond acceptors (Lipinski definition) is 4. The van der Waals surface area contributed by atoms with Gasteiger partial charge in [0.25, 0.3) is 8.32 Å². The lowest BCUT2D eigenvalue weighted by molar-refractivity contribution is -0.0861. The highest BCUT2D eigenvalue weighted by molar-refractivity contribution is 7.89. The summed E-state index contributed by atoms with van der Waals surface area (Å²) in [6.45, 7) is 9.21. The van der Waals surface area contributed by atoms with E-state index in [9.17, 15) is 8.42 Å². The smallest absolute Gasteiger partial charge is 0.264 e. The molecule has 4 atom stereocenters. The molecule has 1 aromatic heterocycles. The van der Waals surface area contributed by atoms with Crippen LogP contribution in [0.15, 0.2) is 126 Å². The van der Waals surface area contributed by atoms with E-state index >= 15 is 0 Å². The second-order valence-corrected chi connectivity index (χ2v) is 21.0. The molecule has 4 heterocycles. The molecule has 0 aliphatic carbocycles. The highest BCUT2D eigenvalue weighted by atomic mass is 32.2. The van der Waals surface area contributed by atoms with E-state index in [1.165, 1.54) is 26.9 Å². The Morgan fingerprint density at radius 2 is 1.43 bits per heavy atom. The van der Waals surface area contributed by atoms with Gasteiger partial charge in [-0.1, -0.05) is 123 Å². The van der Waals surface area contributed by atoms with Crippen molar-refractivity contribution in [2.75, 3.05) is 6.61 Å². The van der Waals surface area contributed by atoms with Gasteiger partial charge in [0.1, 0.15) is 0 Å². The second-order valence-electron chi connectivity index (χ2n) is 14.9. The molecule has 8 rings (SSSR count). The van der Waals surface area contributed by atoms with Crippen LogP contribution in [0.25, 0.3) is 10.9 Å². The summed E-state index contributed by atoms with van der Waals surface area (Å²) in [5.41, 5.74) is 5.74. The van der Waals surface area contributed by atoms with E-state index in [1.807, 2.05) is 23.4 Å². The number of hydrogen-bond donors (Lipinski definition) is 0. The van der Waals surface area contributed by atoms with E-state index in [0.29, 0.717) is 24.3 Å². The average Bonchev–Trinajstić information content (AvgIpc) is 3.38. The Labute approximate surface area is 291 Å². The van der Waals surface area contributed by atoms with Gasteiger partial charge in [0.15, 0.2) is 6.29 Å². The Morgan fingerprint density at radius 1 is 0.816 bits per heavy atom. The zero-order valence-electron chi connectivity index (χ0n) is 28.8. The summed E-state index contributed by atoms with van der Waals surface area (Å²) in [5, 5.41) is 3.41. The zero-order chi connectivity index (χ0) is 34.1. The molecule has 49 heavy (non-hydrogen) atoms. The summed E-state index contributed by atoms with van der Waals surface area (Å²) >= 11 is 0. The third-order valence-electron chi connectivity index (χ3n) is 11.1. The summed E-state index contributed by atoms with van der Waals surface area (Å²) in [6, 6.07) is 36.4. The van der Waals surface area contributed by atoms with Crippen molar-refractivity contribution in [1.29, 1.82) is 0 Å². The Morgan fingerprint density at radius 3 is 2.06 bits per heavy atom. The van der Waals surface area contributed by atoms with Gasteiger partial charge in [-0.3, -0.25) is 0 Å². The standard InChI is InChI=1S/C41H44N2O4SSi/c1-28-20-22-30(23-21-28)48(44,45)43-37-26-34-33-18-12-13-19-36(33)42(5)40(34)38(43)24-29-25-39(46-27-35(29)37)47-49(41(2,3)4,31-14-8-6-9-15-31)32-16-10-7-11-17-32/h6-23,25,35,37-39H,24,26-27H2,1-5H3/t35-,37+,38+,39+/m1/s1. The molecule has 0 spiro atoms. The lowest BCUT2D eigenvalue weighted by atomic mass is 9.74. The maximum atomic E-state index is 14.6. The molecule has 1 saturated heterocycles. The Hall–Kier alpha value is -3.79. The van der Waals surface area contributed by atoms with Crippen LogP contribution >= 0.6 is 0 Å². The second kappa shape index (κ2) is 11.9. The molecule has 252 valence electrons. The number of ether oxygens (including phenoxy) is 1. The number of piperidine rings is 1. The fourth-order valence-corrected chi connectivity index (χ4v) is 15.2. The first-order chi connectivity index (χ1) is 23.5. The molecule has 0 N–H and O–H groups in total. The maximum absolute atomic E-state index is 14.6. The van der Waals surface area contributed by atoms with Crippen LogP contribution in [0.3, 0.4) is 0 Å². The largest absolute Gasteiger partial charge is 0.380 e. The molecule has 1 fully saturated rings. The van der Waals surface area contributed by atoms with Gasteiger partial charge >= 0.3 is 0 Å². The Balaban J connectivity index is 1.24. The quantitative estimate of drug-likeness (QED) is 0.142. The van der Waals surface area contributed by atoms with Crippen LogP contribution < -0.4 is 10.4 Å². The number of fused-ring (bicyclic) bond motifs is 8. The van der Waals surface area contributed by atoms with E-state index in [2.05, 4.69) is 123 Å². The number of rotatable bonds is 6. The van der Waals surface area contributed by atoms with E-state index in [-0.39, 0.29) is 23.0 Å².